The Kier molecular flexibility index (Phi) is 3.69. The van der Waals surface area contributed by atoms with Crippen LogP contribution in [0.25, 0.3) is 0 Å². The van der Waals surface area contributed by atoms with Gasteiger partial charge in [-0.25, -0.2) is 4.39 Å². The highest BCUT2D eigenvalue weighted by Crippen LogP contribution is 2.33. The molecule has 1 aromatic heterocycles. The Morgan fingerprint density at radius 2 is 2.05 bits per heavy atom. The zero-order valence-corrected chi connectivity index (χ0v) is 11.3. The second-order valence-electron chi connectivity index (χ2n) is 5.32. The number of likely N-dealkylation sites (tertiary alicyclic amines) is 1. The number of hydrogen-bond acceptors (Lipinski definition) is 3. The van der Waals surface area contributed by atoms with E-state index in [1.807, 2.05) is 29.1 Å². The van der Waals surface area contributed by atoms with Gasteiger partial charge in [0.25, 0.3) is 0 Å². The molecule has 0 bridgehead atoms. The number of nitrogens with zero attached hydrogens (tertiary/aromatic N) is 3. The summed E-state index contributed by atoms with van der Waals surface area (Å²) in [5.74, 6) is 0.447. The molecule has 1 aromatic carbocycles. The Balaban J connectivity index is 1.82. The number of rotatable bonds is 5. The van der Waals surface area contributed by atoms with E-state index in [0.717, 1.165) is 13.1 Å². The molecule has 4 nitrogen and oxygen atoms in total. The van der Waals surface area contributed by atoms with Crippen LogP contribution < -0.4 is 5.73 Å². The van der Waals surface area contributed by atoms with Crippen LogP contribution in [0.4, 0.5) is 10.1 Å². The maximum atomic E-state index is 12.4. The van der Waals surface area contributed by atoms with Gasteiger partial charge in [0.15, 0.2) is 0 Å². The van der Waals surface area contributed by atoms with E-state index >= 15 is 0 Å². The first kappa shape index (κ1) is 13.1. The number of hydrogen-bond donors (Lipinski definition) is 1. The fraction of sp³-hybridized carbons (Fsp3) is 0.400. The molecule has 0 spiro atoms. The molecule has 5 heteroatoms. The highest BCUT2D eigenvalue weighted by Gasteiger charge is 2.35. The molecule has 3 rings (SSSR count). The number of nitrogen functional groups attached to an aromatic ring is 1. The van der Waals surface area contributed by atoms with Crippen molar-refractivity contribution in [3.8, 4) is 0 Å². The lowest BCUT2D eigenvalue weighted by molar-refractivity contribution is 0.0636. The SMILES string of the molecule is Nc1cnn(C(c2ccccc2)C2CN(CCF)C2)c1. The van der Waals surface area contributed by atoms with Crippen LogP contribution in [0, 0.1) is 5.92 Å². The van der Waals surface area contributed by atoms with Crippen LogP contribution in [-0.4, -0.2) is 41.0 Å². The van der Waals surface area contributed by atoms with Crippen molar-refractivity contribution in [2.75, 3.05) is 32.0 Å². The predicted molar refractivity (Wildman–Crippen MR) is 77.1 cm³/mol. The molecule has 1 aliphatic rings. The van der Waals surface area contributed by atoms with E-state index < -0.39 is 0 Å². The van der Waals surface area contributed by atoms with Gasteiger partial charge in [-0.3, -0.25) is 9.58 Å². The average molecular weight is 274 g/mol. The fourth-order valence-electron chi connectivity index (χ4n) is 2.91. The van der Waals surface area contributed by atoms with Crippen molar-refractivity contribution < 1.29 is 4.39 Å². The summed E-state index contributed by atoms with van der Waals surface area (Å²) in [5, 5.41) is 4.37. The van der Waals surface area contributed by atoms with Crippen molar-refractivity contribution in [3.63, 3.8) is 0 Å². The Labute approximate surface area is 118 Å². The molecule has 2 heterocycles. The van der Waals surface area contributed by atoms with Gasteiger partial charge in [0.1, 0.15) is 6.67 Å². The Morgan fingerprint density at radius 1 is 1.30 bits per heavy atom. The number of alkyl halides is 1. The van der Waals surface area contributed by atoms with Crippen molar-refractivity contribution in [2.24, 2.45) is 5.92 Å². The van der Waals surface area contributed by atoms with Crippen LogP contribution in [0.2, 0.25) is 0 Å². The summed E-state index contributed by atoms with van der Waals surface area (Å²) < 4.78 is 14.3. The molecule has 106 valence electrons. The smallest absolute Gasteiger partial charge is 0.102 e. The van der Waals surface area contributed by atoms with Crippen molar-refractivity contribution in [3.05, 3.63) is 48.3 Å². The Hall–Kier alpha value is -1.88. The lowest BCUT2D eigenvalue weighted by Crippen LogP contribution is -2.51. The number of aromatic nitrogens is 2. The van der Waals surface area contributed by atoms with Crippen LogP contribution in [-0.2, 0) is 0 Å². The molecule has 1 aliphatic heterocycles. The normalized spacial score (nSPS) is 17.9. The molecule has 20 heavy (non-hydrogen) atoms. The average Bonchev–Trinajstić information content (AvgIpc) is 2.84. The van der Waals surface area contributed by atoms with E-state index in [2.05, 4.69) is 22.1 Å². The Morgan fingerprint density at radius 3 is 2.65 bits per heavy atom. The number of nitrogens with two attached hydrogens (primary N) is 1. The van der Waals surface area contributed by atoms with Gasteiger partial charge in [0, 0.05) is 31.7 Å². The van der Waals surface area contributed by atoms with Gasteiger partial charge < -0.3 is 5.73 Å². The first-order valence-electron chi connectivity index (χ1n) is 6.91. The summed E-state index contributed by atoms with van der Waals surface area (Å²) in [5.41, 5.74) is 7.68. The number of anilines is 1. The summed E-state index contributed by atoms with van der Waals surface area (Å²) in [6.07, 6.45) is 3.55. The first-order valence-corrected chi connectivity index (χ1v) is 6.91. The van der Waals surface area contributed by atoms with E-state index in [1.165, 1.54) is 5.56 Å². The fourth-order valence-corrected chi connectivity index (χ4v) is 2.91. The largest absolute Gasteiger partial charge is 0.396 e. The van der Waals surface area contributed by atoms with E-state index in [1.54, 1.807) is 6.20 Å². The zero-order chi connectivity index (χ0) is 13.9. The van der Waals surface area contributed by atoms with Crippen LogP contribution in [0.1, 0.15) is 11.6 Å². The molecule has 2 aromatic rings. The lowest BCUT2D eigenvalue weighted by atomic mass is 9.87. The van der Waals surface area contributed by atoms with E-state index in [0.29, 0.717) is 18.2 Å². The standard InChI is InChI=1S/C15H19FN4/c16-6-7-19-9-13(10-19)15(12-4-2-1-3-5-12)20-11-14(17)8-18-20/h1-5,8,11,13,15H,6-7,9-10,17H2. The summed E-state index contributed by atoms with van der Waals surface area (Å²) in [6.45, 7) is 2.06. The molecule has 2 N–H and O–H groups in total. The molecular formula is C15H19FN4. The predicted octanol–water partition coefficient (Wildman–Crippen LogP) is 1.96. The van der Waals surface area contributed by atoms with Gasteiger partial charge in [0.2, 0.25) is 0 Å². The molecule has 0 radical (unpaired) electrons. The number of halogens is 1. The van der Waals surface area contributed by atoms with E-state index in [4.69, 9.17) is 5.73 Å². The minimum absolute atomic E-state index is 0.171. The van der Waals surface area contributed by atoms with Crippen molar-refractivity contribution >= 4 is 5.69 Å². The monoisotopic (exact) mass is 274 g/mol. The molecule has 1 unspecified atom stereocenters. The topological polar surface area (TPSA) is 47.1 Å². The van der Waals surface area contributed by atoms with Crippen molar-refractivity contribution in [1.82, 2.24) is 14.7 Å². The Bertz CT molecular complexity index is 548. The highest BCUT2D eigenvalue weighted by molar-refractivity contribution is 5.32. The molecule has 1 saturated heterocycles. The molecular weight excluding hydrogens is 255 g/mol. The third-order valence-electron chi connectivity index (χ3n) is 3.88. The zero-order valence-electron chi connectivity index (χ0n) is 11.3. The van der Waals surface area contributed by atoms with Crippen molar-refractivity contribution in [2.45, 2.75) is 6.04 Å². The van der Waals surface area contributed by atoms with Crippen LogP contribution in [0.5, 0.6) is 0 Å². The summed E-state index contributed by atoms with van der Waals surface area (Å²) >= 11 is 0. The molecule has 0 amide bonds. The van der Waals surface area contributed by atoms with Crippen LogP contribution in [0.15, 0.2) is 42.7 Å². The van der Waals surface area contributed by atoms with Crippen LogP contribution in [0.3, 0.4) is 0 Å². The van der Waals surface area contributed by atoms with Crippen LogP contribution >= 0.6 is 0 Å². The lowest BCUT2D eigenvalue weighted by Gasteiger charge is -2.43. The number of benzene rings is 1. The first-order chi connectivity index (χ1) is 9.78. The molecule has 1 fully saturated rings. The van der Waals surface area contributed by atoms with Crippen molar-refractivity contribution in [1.29, 1.82) is 0 Å². The molecule has 0 saturated carbocycles. The summed E-state index contributed by atoms with van der Waals surface area (Å²) in [6, 6.07) is 10.5. The highest BCUT2D eigenvalue weighted by atomic mass is 19.1. The summed E-state index contributed by atoms with van der Waals surface area (Å²) in [7, 11) is 0. The van der Waals surface area contributed by atoms with Gasteiger partial charge >= 0.3 is 0 Å². The van der Waals surface area contributed by atoms with E-state index in [9.17, 15) is 4.39 Å². The summed E-state index contributed by atoms with van der Waals surface area (Å²) in [4.78, 5) is 2.13. The molecule has 1 atom stereocenters. The minimum Gasteiger partial charge on any atom is -0.396 e. The van der Waals surface area contributed by atoms with Gasteiger partial charge in [0.05, 0.1) is 17.9 Å². The van der Waals surface area contributed by atoms with Gasteiger partial charge in [-0.1, -0.05) is 30.3 Å². The second kappa shape index (κ2) is 5.63. The van der Waals surface area contributed by atoms with Gasteiger partial charge in [-0.2, -0.15) is 5.10 Å². The minimum atomic E-state index is -0.280. The quantitative estimate of drug-likeness (QED) is 0.906. The third kappa shape index (κ3) is 2.54. The van der Waals surface area contributed by atoms with E-state index in [-0.39, 0.29) is 12.7 Å². The van der Waals surface area contributed by atoms with Gasteiger partial charge in [-0.15, -0.1) is 0 Å². The third-order valence-corrected chi connectivity index (χ3v) is 3.88. The molecule has 0 aliphatic carbocycles. The maximum Gasteiger partial charge on any atom is 0.102 e. The van der Waals surface area contributed by atoms with Gasteiger partial charge in [-0.05, 0) is 5.56 Å². The second-order valence-corrected chi connectivity index (χ2v) is 5.32. The maximum absolute atomic E-state index is 12.4.